The maximum atomic E-state index is 12.5. The summed E-state index contributed by atoms with van der Waals surface area (Å²) in [6.07, 6.45) is -0.219. The molecular formula is C22H25N3O6. The van der Waals surface area contributed by atoms with Crippen LogP contribution in [-0.4, -0.2) is 63.1 Å². The van der Waals surface area contributed by atoms with Crippen molar-refractivity contribution in [2.24, 2.45) is 0 Å². The molecule has 3 rings (SSSR count). The lowest BCUT2D eigenvalue weighted by molar-refractivity contribution is -0.141. The van der Waals surface area contributed by atoms with E-state index in [9.17, 15) is 14.4 Å². The minimum absolute atomic E-state index is 0.219. The quantitative estimate of drug-likeness (QED) is 0.675. The number of carbonyl (C=O) groups excluding carboxylic acids is 3. The fraction of sp³-hybridized carbons (Fsp3) is 0.318. The number of methoxy groups -OCH3 is 2. The van der Waals surface area contributed by atoms with E-state index in [4.69, 9.17) is 14.2 Å². The molecule has 1 atom stereocenters. The first kappa shape index (κ1) is 22.1. The molecule has 0 spiro atoms. The summed E-state index contributed by atoms with van der Waals surface area (Å²) in [6.45, 7) is 0.936. The summed E-state index contributed by atoms with van der Waals surface area (Å²) in [5, 5.41) is 4.83. The molecule has 0 bridgehead atoms. The zero-order chi connectivity index (χ0) is 22.2. The number of carbonyl (C=O) groups is 3. The van der Waals surface area contributed by atoms with Gasteiger partial charge in [-0.3, -0.25) is 14.4 Å². The first-order valence-electron chi connectivity index (χ1n) is 9.77. The van der Waals surface area contributed by atoms with Gasteiger partial charge in [0.15, 0.2) is 11.5 Å². The van der Waals surface area contributed by atoms with Gasteiger partial charge in [0.1, 0.15) is 6.10 Å². The van der Waals surface area contributed by atoms with Crippen molar-refractivity contribution in [3.63, 3.8) is 0 Å². The summed E-state index contributed by atoms with van der Waals surface area (Å²) in [6, 6.07) is 14.3. The molecule has 2 aromatic rings. The highest BCUT2D eigenvalue weighted by atomic mass is 16.5. The Bertz CT molecular complexity index is 934. The van der Waals surface area contributed by atoms with E-state index in [1.807, 2.05) is 30.3 Å². The summed E-state index contributed by atoms with van der Waals surface area (Å²) in [5.74, 6) is -1.16. The molecule has 2 aromatic carbocycles. The van der Waals surface area contributed by atoms with E-state index >= 15 is 0 Å². The third-order valence-electron chi connectivity index (χ3n) is 4.84. The molecule has 1 aliphatic rings. The highest BCUT2D eigenvalue weighted by Gasteiger charge is 2.26. The number of rotatable bonds is 6. The third kappa shape index (κ3) is 5.73. The normalized spacial score (nSPS) is 15.7. The van der Waals surface area contributed by atoms with Crippen LogP contribution in [0.3, 0.4) is 0 Å². The predicted octanol–water partition coefficient (Wildman–Crippen LogP) is 1.36. The molecule has 9 nitrogen and oxygen atoms in total. The third-order valence-corrected chi connectivity index (χ3v) is 4.84. The van der Waals surface area contributed by atoms with Gasteiger partial charge in [0.2, 0.25) is 5.91 Å². The van der Waals surface area contributed by atoms with Crippen LogP contribution in [0.2, 0.25) is 0 Å². The van der Waals surface area contributed by atoms with Gasteiger partial charge in [0.25, 0.3) is 0 Å². The van der Waals surface area contributed by atoms with Crippen molar-refractivity contribution < 1.29 is 28.6 Å². The molecule has 2 N–H and O–H groups in total. The molecule has 164 valence electrons. The second-order valence-electron chi connectivity index (χ2n) is 6.82. The molecule has 9 heteroatoms. The van der Waals surface area contributed by atoms with Gasteiger partial charge in [-0.25, -0.2) is 0 Å². The lowest BCUT2D eigenvalue weighted by atomic mass is 10.1. The van der Waals surface area contributed by atoms with Crippen LogP contribution in [0, 0.1) is 0 Å². The van der Waals surface area contributed by atoms with Crippen molar-refractivity contribution in [3.05, 3.63) is 54.1 Å². The van der Waals surface area contributed by atoms with Crippen LogP contribution in [0.25, 0.3) is 0 Å². The molecule has 0 unspecified atom stereocenters. The van der Waals surface area contributed by atoms with E-state index in [0.717, 1.165) is 5.56 Å². The number of hydrogen-bond donors (Lipinski definition) is 2. The van der Waals surface area contributed by atoms with Crippen LogP contribution < -0.4 is 20.1 Å². The first-order chi connectivity index (χ1) is 15.0. The van der Waals surface area contributed by atoms with Gasteiger partial charge in [-0.1, -0.05) is 30.3 Å². The molecule has 1 fully saturated rings. The maximum absolute atomic E-state index is 12.5. The topological polar surface area (TPSA) is 106 Å². The van der Waals surface area contributed by atoms with E-state index in [-0.39, 0.29) is 18.6 Å². The van der Waals surface area contributed by atoms with Crippen LogP contribution >= 0.6 is 0 Å². The summed E-state index contributed by atoms with van der Waals surface area (Å²) in [4.78, 5) is 38.4. The highest BCUT2D eigenvalue weighted by Crippen LogP contribution is 2.29. The smallest absolute Gasteiger partial charge is 0.313 e. The highest BCUT2D eigenvalue weighted by molar-refractivity contribution is 6.39. The number of ether oxygens (including phenoxy) is 3. The molecule has 31 heavy (non-hydrogen) atoms. The zero-order valence-corrected chi connectivity index (χ0v) is 17.4. The molecule has 3 amide bonds. The zero-order valence-electron chi connectivity index (χ0n) is 17.4. The Morgan fingerprint density at radius 2 is 1.77 bits per heavy atom. The lowest BCUT2D eigenvalue weighted by Gasteiger charge is -2.33. The summed E-state index contributed by atoms with van der Waals surface area (Å²) in [5.41, 5.74) is 1.35. The Morgan fingerprint density at radius 3 is 2.48 bits per heavy atom. The van der Waals surface area contributed by atoms with Crippen LogP contribution in [0.1, 0.15) is 11.7 Å². The molecule has 0 aliphatic carbocycles. The van der Waals surface area contributed by atoms with Gasteiger partial charge < -0.3 is 29.7 Å². The molecule has 1 heterocycles. The Balaban J connectivity index is 1.50. The Labute approximate surface area is 180 Å². The van der Waals surface area contributed by atoms with E-state index in [1.54, 1.807) is 17.0 Å². The van der Waals surface area contributed by atoms with Gasteiger partial charge in [-0.2, -0.15) is 0 Å². The molecule has 0 aromatic heterocycles. The average Bonchev–Trinajstić information content (AvgIpc) is 2.82. The van der Waals surface area contributed by atoms with E-state index in [0.29, 0.717) is 36.9 Å². The Kier molecular flexibility index (Phi) is 7.45. The van der Waals surface area contributed by atoms with E-state index < -0.39 is 11.8 Å². The molecule has 0 saturated carbocycles. The lowest BCUT2D eigenvalue weighted by Crippen LogP contribution is -2.48. The number of morpholine rings is 1. The largest absolute Gasteiger partial charge is 0.493 e. The fourth-order valence-corrected chi connectivity index (χ4v) is 3.19. The van der Waals surface area contributed by atoms with Crippen molar-refractivity contribution in [3.8, 4) is 11.5 Å². The van der Waals surface area contributed by atoms with Gasteiger partial charge in [-0.15, -0.1) is 0 Å². The molecule has 1 saturated heterocycles. The molecule has 0 radical (unpaired) electrons. The minimum atomic E-state index is -0.906. The number of hydrogen-bond acceptors (Lipinski definition) is 6. The first-order valence-corrected chi connectivity index (χ1v) is 9.77. The van der Waals surface area contributed by atoms with Gasteiger partial charge in [0.05, 0.1) is 33.9 Å². The van der Waals surface area contributed by atoms with E-state index in [2.05, 4.69) is 10.6 Å². The van der Waals surface area contributed by atoms with Gasteiger partial charge in [0, 0.05) is 18.3 Å². The standard InChI is InChI=1S/C22H25N3O6/c1-29-17-9-8-16(12-18(17)30-2)24-22(28)21(27)23-13-20(26)25-10-11-31-19(14-25)15-6-4-3-5-7-15/h3-9,12,19H,10-11,13-14H2,1-2H3,(H,23,27)(H,24,28)/t19-/m1/s1. The number of anilines is 1. The number of amides is 3. The Hall–Kier alpha value is -3.59. The van der Waals surface area contributed by atoms with Crippen molar-refractivity contribution >= 4 is 23.4 Å². The predicted molar refractivity (Wildman–Crippen MR) is 113 cm³/mol. The molecular weight excluding hydrogens is 402 g/mol. The van der Waals surface area contributed by atoms with Crippen molar-refractivity contribution in [2.75, 3.05) is 45.8 Å². The van der Waals surface area contributed by atoms with Crippen molar-refractivity contribution in [2.45, 2.75) is 6.10 Å². The van der Waals surface area contributed by atoms with E-state index in [1.165, 1.54) is 20.3 Å². The number of nitrogens with one attached hydrogen (secondary N) is 2. The monoisotopic (exact) mass is 427 g/mol. The number of nitrogens with zero attached hydrogens (tertiary/aromatic N) is 1. The summed E-state index contributed by atoms with van der Waals surface area (Å²) in [7, 11) is 2.97. The average molecular weight is 427 g/mol. The van der Waals surface area contributed by atoms with Crippen LogP contribution in [-0.2, 0) is 19.1 Å². The second-order valence-corrected chi connectivity index (χ2v) is 6.82. The van der Waals surface area contributed by atoms with Crippen molar-refractivity contribution in [1.29, 1.82) is 0 Å². The van der Waals surface area contributed by atoms with Gasteiger partial charge >= 0.3 is 11.8 Å². The SMILES string of the molecule is COc1ccc(NC(=O)C(=O)NCC(=O)N2CCO[C@@H](c3ccccc3)C2)cc1OC. The minimum Gasteiger partial charge on any atom is -0.493 e. The maximum Gasteiger partial charge on any atom is 0.313 e. The van der Waals surface area contributed by atoms with Crippen molar-refractivity contribution in [1.82, 2.24) is 10.2 Å². The second kappa shape index (κ2) is 10.4. The van der Waals surface area contributed by atoms with Gasteiger partial charge in [-0.05, 0) is 17.7 Å². The number of benzene rings is 2. The van der Waals surface area contributed by atoms with Crippen LogP contribution in [0.5, 0.6) is 11.5 Å². The van der Waals surface area contributed by atoms with Crippen LogP contribution in [0.4, 0.5) is 5.69 Å². The fourth-order valence-electron chi connectivity index (χ4n) is 3.19. The summed E-state index contributed by atoms with van der Waals surface area (Å²) >= 11 is 0. The Morgan fingerprint density at radius 1 is 1.03 bits per heavy atom. The summed E-state index contributed by atoms with van der Waals surface area (Å²) < 4.78 is 16.0. The van der Waals surface area contributed by atoms with Crippen LogP contribution in [0.15, 0.2) is 48.5 Å². The molecule has 1 aliphatic heterocycles.